The molecule has 1 fully saturated rings. The summed E-state index contributed by atoms with van der Waals surface area (Å²) in [5.41, 5.74) is 5.37. The number of hydrogen-bond acceptors (Lipinski definition) is 2. The predicted molar refractivity (Wildman–Crippen MR) is 149 cm³/mol. The van der Waals surface area contributed by atoms with Gasteiger partial charge in [-0.25, -0.2) is 0 Å². The monoisotopic (exact) mass is 546 g/mol. The van der Waals surface area contributed by atoms with Crippen LogP contribution in [0, 0.1) is 13.8 Å². The molecule has 4 nitrogen and oxygen atoms in total. The molecule has 1 aliphatic carbocycles. The molecule has 2 amide bonds. The lowest BCUT2D eigenvalue weighted by atomic mass is 10.00. The Morgan fingerprint density at radius 1 is 0.889 bits per heavy atom. The molecule has 36 heavy (non-hydrogen) atoms. The fourth-order valence-corrected chi connectivity index (χ4v) is 5.39. The highest BCUT2D eigenvalue weighted by molar-refractivity contribution is 9.10. The van der Waals surface area contributed by atoms with Crippen LogP contribution in [-0.2, 0) is 29.0 Å². The molecule has 0 bridgehead atoms. The zero-order chi connectivity index (χ0) is 25.5. The van der Waals surface area contributed by atoms with Gasteiger partial charge < -0.3 is 10.2 Å². The van der Waals surface area contributed by atoms with E-state index < -0.39 is 6.04 Å². The lowest BCUT2D eigenvalue weighted by molar-refractivity contribution is -0.141. The Hall–Kier alpha value is -2.92. The number of hydrogen-bond donors (Lipinski definition) is 1. The molecule has 188 valence electrons. The van der Waals surface area contributed by atoms with E-state index in [4.69, 9.17) is 0 Å². The van der Waals surface area contributed by atoms with Crippen molar-refractivity contribution in [2.24, 2.45) is 0 Å². The van der Waals surface area contributed by atoms with Crippen molar-refractivity contribution in [1.82, 2.24) is 10.2 Å². The van der Waals surface area contributed by atoms with Crippen molar-refractivity contribution in [2.75, 3.05) is 0 Å². The summed E-state index contributed by atoms with van der Waals surface area (Å²) in [6, 6.07) is 23.7. The molecule has 1 unspecified atom stereocenters. The van der Waals surface area contributed by atoms with E-state index in [9.17, 15) is 9.59 Å². The van der Waals surface area contributed by atoms with E-state index in [1.165, 1.54) is 11.1 Å². The van der Waals surface area contributed by atoms with Crippen LogP contribution >= 0.6 is 15.9 Å². The Labute approximate surface area is 223 Å². The molecular formula is C31H35BrN2O2. The molecule has 0 aliphatic heterocycles. The molecule has 1 aliphatic rings. The fraction of sp³-hybridized carbons (Fsp3) is 0.355. The van der Waals surface area contributed by atoms with Gasteiger partial charge >= 0.3 is 0 Å². The summed E-state index contributed by atoms with van der Waals surface area (Å²) < 4.78 is 0.955. The standard InChI is InChI=1S/C31H35BrN2O2/c1-22-15-16-25(17-23(22)2)20-30(35)34(21-26-11-8-12-27(32)18-26)29(19-24-9-4-3-5-10-24)31(36)33-28-13-6-7-14-28/h3-5,8-12,15-18,28-29H,6-7,13-14,19-21H2,1-2H3,(H,33,36). The van der Waals surface area contributed by atoms with Gasteiger partial charge in [-0.15, -0.1) is 0 Å². The van der Waals surface area contributed by atoms with Gasteiger partial charge in [-0.2, -0.15) is 0 Å². The second kappa shape index (κ2) is 12.4. The van der Waals surface area contributed by atoms with Gasteiger partial charge in [0.05, 0.1) is 6.42 Å². The molecule has 0 heterocycles. The van der Waals surface area contributed by atoms with Crippen molar-refractivity contribution in [2.45, 2.75) is 71.0 Å². The Kier molecular flexibility index (Phi) is 8.98. The zero-order valence-electron chi connectivity index (χ0n) is 21.2. The van der Waals surface area contributed by atoms with Gasteiger partial charge in [0.25, 0.3) is 0 Å². The quantitative estimate of drug-likeness (QED) is 0.342. The van der Waals surface area contributed by atoms with Crippen molar-refractivity contribution in [3.63, 3.8) is 0 Å². The first-order chi connectivity index (χ1) is 17.4. The number of rotatable bonds is 9. The van der Waals surface area contributed by atoms with Crippen LogP contribution in [0.2, 0.25) is 0 Å². The average Bonchev–Trinajstić information content (AvgIpc) is 3.37. The molecule has 3 aromatic rings. The maximum Gasteiger partial charge on any atom is 0.243 e. The van der Waals surface area contributed by atoms with Crippen LogP contribution in [-0.4, -0.2) is 28.8 Å². The van der Waals surface area contributed by atoms with E-state index in [-0.39, 0.29) is 24.3 Å². The molecule has 0 spiro atoms. The summed E-state index contributed by atoms with van der Waals surface area (Å²) in [6.45, 7) is 4.51. The average molecular weight is 548 g/mol. The number of carbonyl (C=O) groups is 2. The number of nitrogens with zero attached hydrogens (tertiary/aromatic N) is 1. The minimum absolute atomic E-state index is 0.0410. The maximum atomic E-state index is 13.9. The first-order valence-electron chi connectivity index (χ1n) is 12.8. The maximum absolute atomic E-state index is 13.9. The first kappa shape index (κ1) is 26.2. The van der Waals surface area contributed by atoms with Crippen LogP contribution in [0.15, 0.2) is 77.3 Å². The van der Waals surface area contributed by atoms with E-state index in [1.807, 2.05) is 60.7 Å². The van der Waals surface area contributed by atoms with Crippen LogP contribution in [0.3, 0.4) is 0 Å². The van der Waals surface area contributed by atoms with Crippen molar-refractivity contribution >= 4 is 27.7 Å². The van der Waals surface area contributed by atoms with Crippen LogP contribution in [0.5, 0.6) is 0 Å². The summed E-state index contributed by atoms with van der Waals surface area (Å²) in [5, 5.41) is 3.27. The minimum Gasteiger partial charge on any atom is -0.352 e. The number of nitrogens with one attached hydrogen (secondary N) is 1. The summed E-state index contributed by atoms with van der Waals surface area (Å²) in [7, 11) is 0. The van der Waals surface area contributed by atoms with E-state index in [0.717, 1.165) is 46.8 Å². The number of aryl methyl sites for hydroxylation is 2. The van der Waals surface area contributed by atoms with Crippen LogP contribution < -0.4 is 5.32 Å². The van der Waals surface area contributed by atoms with Gasteiger partial charge in [0.1, 0.15) is 6.04 Å². The molecule has 1 saturated carbocycles. The van der Waals surface area contributed by atoms with Crippen molar-refractivity contribution in [3.05, 3.63) is 105 Å². The molecule has 0 saturated heterocycles. The van der Waals surface area contributed by atoms with Crippen molar-refractivity contribution < 1.29 is 9.59 Å². The van der Waals surface area contributed by atoms with Crippen molar-refractivity contribution in [1.29, 1.82) is 0 Å². The van der Waals surface area contributed by atoms with Gasteiger partial charge in [0.2, 0.25) is 11.8 Å². The molecule has 0 aromatic heterocycles. The molecule has 4 rings (SSSR count). The second-order valence-corrected chi connectivity index (χ2v) is 10.9. The highest BCUT2D eigenvalue weighted by Gasteiger charge is 2.32. The molecule has 5 heteroatoms. The van der Waals surface area contributed by atoms with Crippen LogP contribution in [0.1, 0.15) is 53.5 Å². The third-order valence-electron chi connectivity index (χ3n) is 7.14. The largest absolute Gasteiger partial charge is 0.352 e. The Morgan fingerprint density at radius 2 is 1.61 bits per heavy atom. The first-order valence-corrected chi connectivity index (χ1v) is 13.6. The third kappa shape index (κ3) is 7.07. The number of amides is 2. The highest BCUT2D eigenvalue weighted by atomic mass is 79.9. The summed E-state index contributed by atoms with van der Waals surface area (Å²) in [5.74, 6) is -0.102. The summed E-state index contributed by atoms with van der Waals surface area (Å²) >= 11 is 3.55. The lowest BCUT2D eigenvalue weighted by Gasteiger charge is -2.32. The number of benzene rings is 3. The van der Waals surface area contributed by atoms with E-state index in [0.29, 0.717) is 13.0 Å². The normalized spacial score (nSPS) is 14.4. The molecule has 0 radical (unpaired) electrons. The van der Waals surface area contributed by atoms with Crippen LogP contribution in [0.4, 0.5) is 0 Å². The fourth-order valence-electron chi connectivity index (χ4n) is 4.94. The van der Waals surface area contributed by atoms with E-state index >= 15 is 0 Å². The molecular weight excluding hydrogens is 512 g/mol. The third-order valence-corrected chi connectivity index (χ3v) is 7.63. The Morgan fingerprint density at radius 3 is 2.31 bits per heavy atom. The van der Waals surface area contributed by atoms with Gasteiger partial charge in [-0.3, -0.25) is 9.59 Å². The zero-order valence-corrected chi connectivity index (χ0v) is 22.8. The van der Waals surface area contributed by atoms with Gasteiger partial charge in [0, 0.05) is 23.5 Å². The van der Waals surface area contributed by atoms with Crippen LogP contribution in [0.25, 0.3) is 0 Å². The molecule has 1 atom stereocenters. The van der Waals surface area contributed by atoms with Crippen molar-refractivity contribution in [3.8, 4) is 0 Å². The molecule has 3 aromatic carbocycles. The number of halogens is 1. The number of carbonyl (C=O) groups excluding carboxylic acids is 2. The predicted octanol–water partition coefficient (Wildman–Crippen LogP) is 6.31. The van der Waals surface area contributed by atoms with E-state index in [1.54, 1.807) is 4.90 Å². The summed E-state index contributed by atoms with van der Waals surface area (Å²) in [4.78, 5) is 29.4. The topological polar surface area (TPSA) is 49.4 Å². The van der Waals surface area contributed by atoms with Gasteiger partial charge in [0.15, 0.2) is 0 Å². The van der Waals surface area contributed by atoms with Gasteiger partial charge in [-0.05, 0) is 66.6 Å². The SMILES string of the molecule is Cc1ccc(CC(=O)N(Cc2cccc(Br)c2)C(Cc2ccccc2)C(=O)NC2CCCC2)cc1C. The highest BCUT2D eigenvalue weighted by Crippen LogP contribution is 2.22. The van der Waals surface area contributed by atoms with Gasteiger partial charge in [-0.1, -0.05) is 89.4 Å². The second-order valence-electron chi connectivity index (χ2n) is 9.94. The smallest absolute Gasteiger partial charge is 0.243 e. The lowest BCUT2D eigenvalue weighted by Crippen LogP contribution is -2.52. The molecule has 1 N–H and O–H groups in total. The summed E-state index contributed by atoms with van der Waals surface area (Å²) in [6.07, 6.45) is 5.03. The van der Waals surface area contributed by atoms with E-state index in [2.05, 4.69) is 47.2 Å². The Bertz CT molecular complexity index is 1190. The Balaban J connectivity index is 1.66. The minimum atomic E-state index is -0.592.